The number of halogens is 3. The fourth-order valence-electron chi connectivity index (χ4n) is 1.84. The van der Waals surface area contributed by atoms with Gasteiger partial charge in [0.2, 0.25) is 0 Å². The molecule has 0 saturated heterocycles. The number of nitrogens with two attached hydrogens (primary N) is 2. The van der Waals surface area contributed by atoms with Crippen molar-refractivity contribution >= 4 is 17.2 Å². The lowest BCUT2D eigenvalue weighted by Crippen LogP contribution is -2.33. The van der Waals surface area contributed by atoms with Crippen molar-refractivity contribution < 1.29 is 18.3 Å². The quantitative estimate of drug-likeness (QED) is 0.173. The molecule has 0 atom stereocenters. The predicted molar refractivity (Wildman–Crippen MR) is 75.8 cm³/mol. The Balaban J connectivity index is 2.53. The first-order chi connectivity index (χ1) is 10.7. The van der Waals surface area contributed by atoms with Crippen LogP contribution in [0.3, 0.4) is 0 Å². The van der Waals surface area contributed by atoms with E-state index in [2.05, 4.69) is 10.4 Å². The van der Waals surface area contributed by atoms with E-state index in [1.807, 2.05) is 5.43 Å². The number of hydrogen-bond donors (Lipinski definition) is 5. The van der Waals surface area contributed by atoms with Gasteiger partial charge in [-0.3, -0.25) is 9.59 Å². The number of amidine groups is 1. The summed E-state index contributed by atoms with van der Waals surface area (Å²) in [4.78, 5) is 22.2. The highest BCUT2D eigenvalue weighted by molar-refractivity contribution is 5.99. The van der Waals surface area contributed by atoms with Crippen LogP contribution in [-0.4, -0.2) is 10.9 Å². The first kappa shape index (κ1) is 16.3. The number of hydrogen-bond acceptors (Lipinski definition) is 7. The average molecular weight is 329 g/mol. The number of hydrazine groups is 1. The van der Waals surface area contributed by atoms with E-state index in [-0.39, 0.29) is 17.1 Å². The van der Waals surface area contributed by atoms with Crippen LogP contribution in [0.15, 0.2) is 32.9 Å². The molecule has 23 heavy (non-hydrogen) atoms. The summed E-state index contributed by atoms with van der Waals surface area (Å²) in [5, 5.41) is 14.7. The minimum atomic E-state index is -4.70. The van der Waals surface area contributed by atoms with Crippen LogP contribution in [0, 0.1) is 0 Å². The van der Waals surface area contributed by atoms with Crippen LogP contribution >= 0.6 is 0 Å². The maximum absolute atomic E-state index is 12.9. The average Bonchev–Trinajstić information content (AvgIpc) is 2.51. The van der Waals surface area contributed by atoms with Gasteiger partial charge in [-0.15, -0.1) is 0 Å². The van der Waals surface area contributed by atoms with Gasteiger partial charge in [0.15, 0.2) is 11.6 Å². The number of nitrogens with zero attached hydrogens (tertiary/aromatic N) is 1. The molecular weight excluding hydrogens is 319 g/mol. The Morgan fingerprint density at radius 1 is 1.17 bits per heavy atom. The Hall–Kier alpha value is -3.08. The van der Waals surface area contributed by atoms with Gasteiger partial charge in [0.05, 0.1) is 5.56 Å². The highest BCUT2D eigenvalue weighted by Crippen LogP contribution is 2.33. The van der Waals surface area contributed by atoms with Gasteiger partial charge in [0.1, 0.15) is 5.69 Å². The minimum Gasteiger partial charge on any atom is -0.502 e. The lowest BCUT2D eigenvalue weighted by molar-refractivity contribution is -0.137. The molecule has 0 fully saturated rings. The number of alkyl halides is 3. The first-order valence-electron chi connectivity index (χ1n) is 5.95. The van der Waals surface area contributed by atoms with E-state index in [4.69, 9.17) is 11.7 Å². The van der Waals surface area contributed by atoms with Crippen molar-refractivity contribution in [3.63, 3.8) is 0 Å². The molecule has 8 nitrogen and oxygen atoms in total. The molecule has 2 aromatic rings. The highest BCUT2D eigenvalue weighted by atomic mass is 19.4. The van der Waals surface area contributed by atoms with E-state index in [9.17, 15) is 27.9 Å². The number of nitrogens with one attached hydrogen (secondary N) is 2. The van der Waals surface area contributed by atoms with Gasteiger partial charge < -0.3 is 21.7 Å². The summed E-state index contributed by atoms with van der Waals surface area (Å²) in [5.74, 6) is 9.05. The third-order valence-electron chi connectivity index (χ3n) is 2.95. The van der Waals surface area contributed by atoms with Gasteiger partial charge in [0, 0.05) is 11.3 Å². The molecule has 0 saturated carbocycles. The number of aromatic hydroxyl groups is 1. The number of rotatable bonds is 3. The highest BCUT2D eigenvalue weighted by Gasteiger charge is 2.32. The molecular formula is C12H10F3N5O3. The lowest BCUT2D eigenvalue weighted by Gasteiger charge is -2.15. The predicted octanol–water partition coefficient (Wildman–Crippen LogP) is -0.166. The van der Waals surface area contributed by atoms with Crippen LogP contribution in [-0.2, 0) is 6.18 Å². The largest absolute Gasteiger partial charge is 0.502 e. The Morgan fingerprint density at radius 3 is 2.30 bits per heavy atom. The maximum atomic E-state index is 12.9. The zero-order chi connectivity index (χ0) is 17.4. The first-order valence-corrected chi connectivity index (χ1v) is 5.95. The van der Waals surface area contributed by atoms with Gasteiger partial charge in [0.25, 0.3) is 10.9 Å². The van der Waals surface area contributed by atoms with Gasteiger partial charge in [-0.25, -0.2) is 5.84 Å². The van der Waals surface area contributed by atoms with Crippen molar-refractivity contribution in [3.8, 4) is 5.75 Å². The summed E-state index contributed by atoms with van der Waals surface area (Å²) in [7, 11) is 0. The molecule has 0 aromatic heterocycles. The van der Waals surface area contributed by atoms with Crippen molar-refractivity contribution in [2.24, 2.45) is 16.8 Å². The van der Waals surface area contributed by atoms with Crippen molar-refractivity contribution in [3.05, 3.63) is 49.8 Å². The minimum absolute atomic E-state index is 0.120. The van der Waals surface area contributed by atoms with Crippen LogP contribution in [0.5, 0.6) is 5.75 Å². The molecule has 122 valence electrons. The molecule has 0 spiro atoms. The van der Waals surface area contributed by atoms with Crippen LogP contribution in [0.4, 0.5) is 24.5 Å². The monoisotopic (exact) mass is 329 g/mol. The molecule has 7 N–H and O–H groups in total. The van der Waals surface area contributed by atoms with Gasteiger partial charge in [-0.1, -0.05) is 0 Å². The topological polar surface area (TPSA) is 143 Å². The number of anilines is 2. The Labute approximate surface area is 125 Å². The fraction of sp³-hybridized carbons (Fsp3) is 0.0833. The van der Waals surface area contributed by atoms with Crippen LogP contribution in [0.2, 0.25) is 0 Å². The molecule has 0 aliphatic heterocycles. The molecule has 0 amide bonds. The van der Waals surface area contributed by atoms with E-state index < -0.39 is 34.0 Å². The van der Waals surface area contributed by atoms with Crippen molar-refractivity contribution in [2.75, 3.05) is 5.32 Å². The zero-order valence-electron chi connectivity index (χ0n) is 11.2. The van der Waals surface area contributed by atoms with Crippen molar-refractivity contribution in [2.45, 2.75) is 6.18 Å². The fourth-order valence-corrected chi connectivity index (χ4v) is 1.84. The van der Waals surface area contributed by atoms with Gasteiger partial charge >= 0.3 is 6.18 Å². The van der Waals surface area contributed by atoms with Crippen LogP contribution in [0.25, 0.3) is 0 Å². The van der Waals surface area contributed by atoms with Crippen LogP contribution in [0.1, 0.15) is 11.1 Å². The lowest BCUT2D eigenvalue weighted by atomic mass is 10.1. The standard InChI is InChI=1S/C12H10F3N5O3/c13-12(14,15)5-1-4(11(19-16)20-17)2-6(3-5)18-7-8(21)10(23)9(7)22/h1-3,18,21H,16-17H2,(H,19,20). The smallest absolute Gasteiger partial charge is 0.416 e. The van der Waals surface area contributed by atoms with Crippen molar-refractivity contribution in [1.82, 2.24) is 5.43 Å². The second kappa shape index (κ2) is 5.61. The van der Waals surface area contributed by atoms with E-state index in [1.54, 1.807) is 0 Å². The third kappa shape index (κ3) is 2.94. The second-order valence-corrected chi connectivity index (χ2v) is 4.43. The summed E-state index contributed by atoms with van der Waals surface area (Å²) in [6.45, 7) is 0. The van der Waals surface area contributed by atoms with E-state index in [0.29, 0.717) is 6.07 Å². The molecule has 2 aromatic carbocycles. The number of benzene rings is 1. The normalized spacial score (nSPS) is 12.4. The number of hydrazone groups is 1. The SMILES string of the molecule is N/N=C(\NN)c1cc(Nc2c(O)c(=O)c2=O)cc(C(F)(F)F)c1. The van der Waals surface area contributed by atoms with Crippen LogP contribution < -0.4 is 33.3 Å². The molecule has 0 bridgehead atoms. The summed E-state index contributed by atoms with van der Waals surface area (Å²) >= 11 is 0. The molecule has 0 radical (unpaired) electrons. The Morgan fingerprint density at radius 2 is 1.83 bits per heavy atom. The molecule has 0 unspecified atom stereocenters. The molecule has 2 rings (SSSR count). The molecule has 0 heterocycles. The third-order valence-corrected chi connectivity index (χ3v) is 2.95. The van der Waals surface area contributed by atoms with E-state index in [0.717, 1.165) is 12.1 Å². The summed E-state index contributed by atoms with van der Waals surface area (Å²) in [6.07, 6.45) is -4.70. The summed E-state index contributed by atoms with van der Waals surface area (Å²) in [6, 6.07) is 2.57. The zero-order valence-corrected chi connectivity index (χ0v) is 11.2. The Bertz CT molecular complexity index is 853. The molecule has 0 aliphatic carbocycles. The summed E-state index contributed by atoms with van der Waals surface area (Å²) < 4.78 is 38.8. The van der Waals surface area contributed by atoms with Gasteiger partial charge in [-0.05, 0) is 18.2 Å². The molecule has 0 aliphatic rings. The van der Waals surface area contributed by atoms with E-state index >= 15 is 0 Å². The summed E-state index contributed by atoms with van der Waals surface area (Å²) in [5.41, 5.74) is -2.03. The maximum Gasteiger partial charge on any atom is 0.416 e. The van der Waals surface area contributed by atoms with Crippen molar-refractivity contribution in [1.29, 1.82) is 0 Å². The second-order valence-electron chi connectivity index (χ2n) is 4.43. The van der Waals surface area contributed by atoms with Gasteiger partial charge in [-0.2, -0.15) is 18.3 Å². The Kier molecular flexibility index (Phi) is 3.97. The van der Waals surface area contributed by atoms with E-state index in [1.165, 1.54) is 0 Å². The molecule has 11 heteroatoms.